The lowest BCUT2D eigenvalue weighted by molar-refractivity contribution is -0.146. The molecule has 0 radical (unpaired) electrons. The van der Waals surface area contributed by atoms with Crippen LogP contribution in [0.1, 0.15) is 73.1 Å². The molecular formula is C27H49N9O5. The Morgan fingerprint density at radius 1 is 0.878 bits per heavy atom. The highest BCUT2D eigenvalue weighted by Gasteiger charge is 2.44. The predicted octanol–water partition coefficient (Wildman–Crippen LogP) is -1.49. The average molecular weight is 580 g/mol. The lowest BCUT2D eigenvalue weighted by Gasteiger charge is -2.37. The van der Waals surface area contributed by atoms with Crippen molar-refractivity contribution in [3.63, 3.8) is 0 Å². The van der Waals surface area contributed by atoms with E-state index in [4.69, 9.17) is 22.9 Å². The molecule has 41 heavy (non-hydrogen) atoms. The third kappa shape index (κ3) is 9.03. The van der Waals surface area contributed by atoms with Gasteiger partial charge in [0.2, 0.25) is 29.5 Å². The molecule has 0 aromatic rings. The normalized spacial score (nSPS) is 21.2. The number of likely N-dealkylation sites (tertiary alicyclic amines) is 2. The molecule has 2 aliphatic rings. The topological polar surface area (TPSA) is 232 Å². The van der Waals surface area contributed by atoms with Crippen molar-refractivity contribution in [2.45, 2.75) is 103 Å². The summed E-state index contributed by atoms with van der Waals surface area (Å²) in [6, 6.07) is -4.17. The van der Waals surface area contributed by atoms with Gasteiger partial charge in [0.05, 0.1) is 6.04 Å². The van der Waals surface area contributed by atoms with E-state index in [2.05, 4.69) is 15.6 Å². The summed E-state index contributed by atoms with van der Waals surface area (Å²) in [7, 11) is 0. The van der Waals surface area contributed by atoms with E-state index in [0.29, 0.717) is 45.2 Å². The van der Waals surface area contributed by atoms with Crippen molar-refractivity contribution in [2.75, 3.05) is 19.6 Å². The number of hydrogen-bond acceptors (Lipinski definition) is 7. The van der Waals surface area contributed by atoms with Gasteiger partial charge in [-0.05, 0) is 49.9 Å². The number of aliphatic imine (C=N–C) groups is 1. The molecule has 5 amide bonds. The van der Waals surface area contributed by atoms with Gasteiger partial charge in [0, 0.05) is 19.6 Å². The van der Waals surface area contributed by atoms with Gasteiger partial charge in [0.25, 0.3) is 0 Å². The Hall–Kier alpha value is -3.42. The van der Waals surface area contributed by atoms with Crippen molar-refractivity contribution in [3.05, 3.63) is 0 Å². The minimum atomic E-state index is -0.953. The Labute approximate surface area is 242 Å². The second-order valence-electron chi connectivity index (χ2n) is 12.4. The molecule has 0 aromatic carbocycles. The van der Waals surface area contributed by atoms with Gasteiger partial charge in [0.15, 0.2) is 5.96 Å². The summed E-state index contributed by atoms with van der Waals surface area (Å²) in [6.45, 7) is 10.2. The van der Waals surface area contributed by atoms with Gasteiger partial charge in [-0.3, -0.25) is 29.0 Å². The number of hydrogen-bond donors (Lipinski definition) is 6. The lowest BCUT2D eigenvalue weighted by Crippen LogP contribution is -2.61. The fraction of sp³-hybridized carbons (Fsp3) is 0.778. The lowest BCUT2D eigenvalue weighted by atomic mass is 9.85. The standard InChI is InChI=1S/C27H49N9O5/c1-15(2)19(28)24(40)35-13-7-11-18(35)23(39)34-20(27(3,4)5)25(41)36-14-8-10-17(36)22(38)33-16(21(29)37)9-6-12-32-26(30)31/h15-20H,6-14,28H2,1-5H3,(H2,29,37)(H,33,38)(H,34,39)(H4,30,31,32)/t16-,17-,18-,19-,20+/m0/s1. The number of carbonyl (C=O) groups excluding carboxylic acids is 5. The van der Waals surface area contributed by atoms with E-state index in [1.165, 1.54) is 9.80 Å². The fourth-order valence-corrected chi connectivity index (χ4v) is 5.19. The number of nitrogens with zero attached hydrogens (tertiary/aromatic N) is 3. The largest absolute Gasteiger partial charge is 0.370 e. The SMILES string of the molecule is CC(C)[C@H](N)C(=O)N1CCC[C@H]1C(=O)N[C@H](C(=O)N1CCC[C@H]1C(=O)N[C@@H](CCCN=C(N)N)C(N)=O)C(C)(C)C. The van der Waals surface area contributed by atoms with Crippen molar-refractivity contribution >= 4 is 35.5 Å². The Balaban J connectivity index is 2.15. The fourth-order valence-electron chi connectivity index (χ4n) is 5.19. The molecule has 0 unspecified atom stereocenters. The van der Waals surface area contributed by atoms with Gasteiger partial charge in [-0.2, -0.15) is 0 Å². The highest BCUT2D eigenvalue weighted by Crippen LogP contribution is 2.27. The van der Waals surface area contributed by atoms with E-state index in [1.54, 1.807) is 0 Å². The third-order valence-electron chi connectivity index (χ3n) is 7.69. The first-order valence-corrected chi connectivity index (χ1v) is 14.4. The van der Waals surface area contributed by atoms with Crippen molar-refractivity contribution in [2.24, 2.45) is 39.3 Å². The summed E-state index contributed by atoms with van der Waals surface area (Å²) < 4.78 is 0. The van der Waals surface area contributed by atoms with Crippen molar-refractivity contribution in [3.8, 4) is 0 Å². The Morgan fingerprint density at radius 2 is 1.39 bits per heavy atom. The van der Waals surface area contributed by atoms with Crippen LogP contribution in [-0.4, -0.2) is 95.1 Å². The molecule has 2 aliphatic heterocycles. The first kappa shape index (κ1) is 33.8. The maximum absolute atomic E-state index is 13.9. The number of rotatable bonds is 12. The Kier molecular flexibility index (Phi) is 11.9. The van der Waals surface area contributed by atoms with Crippen LogP contribution in [0, 0.1) is 11.3 Å². The van der Waals surface area contributed by atoms with Crippen LogP contribution in [0.25, 0.3) is 0 Å². The predicted molar refractivity (Wildman–Crippen MR) is 155 cm³/mol. The monoisotopic (exact) mass is 579 g/mol. The second-order valence-corrected chi connectivity index (χ2v) is 12.4. The van der Waals surface area contributed by atoms with Gasteiger partial charge in [-0.1, -0.05) is 34.6 Å². The molecule has 2 saturated heterocycles. The Morgan fingerprint density at radius 3 is 1.85 bits per heavy atom. The smallest absolute Gasteiger partial charge is 0.246 e. The molecule has 0 aliphatic carbocycles. The highest BCUT2D eigenvalue weighted by atomic mass is 16.2. The molecule has 0 bridgehead atoms. The zero-order valence-electron chi connectivity index (χ0n) is 25.0. The molecule has 0 spiro atoms. The molecular weight excluding hydrogens is 530 g/mol. The number of amides is 5. The minimum absolute atomic E-state index is 0.0726. The van der Waals surface area contributed by atoms with Crippen LogP contribution in [0.3, 0.4) is 0 Å². The summed E-state index contributed by atoms with van der Waals surface area (Å²) in [4.78, 5) is 72.3. The summed E-state index contributed by atoms with van der Waals surface area (Å²) in [5, 5.41) is 5.56. The number of nitrogens with two attached hydrogens (primary N) is 4. The van der Waals surface area contributed by atoms with Crippen LogP contribution in [0.5, 0.6) is 0 Å². The van der Waals surface area contributed by atoms with E-state index in [9.17, 15) is 24.0 Å². The quantitative estimate of drug-likeness (QED) is 0.0903. The summed E-state index contributed by atoms with van der Waals surface area (Å²) in [5.74, 6) is -2.45. The highest BCUT2D eigenvalue weighted by molar-refractivity contribution is 5.96. The van der Waals surface area contributed by atoms with Gasteiger partial charge >= 0.3 is 0 Å². The molecule has 232 valence electrons. The number of nitrogens with one attached hydrogen (secondary N) is 2. The molecule has 14 nitrogen and oxygen atoms in total. The molecule has 14 heteroatoms. The number of guanidine groups is 1. The van der Waals surface area contributed by atoms with E-state index in [-0.39, 0.29) is 30.8 Å². The summed E-state index contributed by atoms with van der Waals surface area (Å²) in [6.07, 6.45) is 2.76. The zero-order chi connectivity index (χ0) is 31.1. The van der Waals surface area contributed by atoms with Crippen molar-refractivity contribution in [1.29, 1.82) is 0 Å². The maximum atomic E-state index is 13.9. The molecule has 0 aromatic heterocycles. The van der Waals surface area contributed by atoms with Gasteiger partial charge < -0.3 is 43.4 Å². The zero-order valence-corrected chi connectivity index (χ0v) is 25.0. The van der Waals surface area contributed by atoms with E-state index in [0.717, 1.165) is 0 Å². The molecule has 5 atom stereocenters. The number of carbonyl (C=O) groups is 5. The third-order valence-corrected chi connectivity index (χ3v) is 7.69. The van der Waals surface area contributed by atoms with Crippen LogP contribution >= 0.6 is 0 Å². The molecule has 2 heterocycles. The van der Waals surface area contributed by atoms with Crippen molar-refractivity contribution in [1.82, 2.24) is 20.4 Å². The van der Waals surface area contributed by atoms with Gasteiger partial charge in [0.1, 0.15) is 24.2 Å². The minimum Gasteiger partial charge on any atom is -0.370 e. The van der Waals surface area contributed by atoms with E-state index < -0.39 is 59.3 Å². The first-order chi connectivity index (χ1) is 19.1. The molecule has 0 saturated carbocycles. The van der Waals surface area contributed by atoms with Crippen LogP contribution in [0.15, 0.2) is 4.99 Å². The van der Waals surface area contributed by atoms with Gasteiger partial charge in [-0.15, -0.1) is 0 Å². The average Bonchev–Trinajstić information content (AvgIpc) is 3.56. The molecule has 2 fully saturated rings. The van der Waals surface area contributed by atoms with Crippen molar-refractivity contribution < 1.29 is 24.0 Å². The van der Waals surface area contributed by atoms with Crippen LogP contribution in [-0.2, 0) is 24.0 Å². The van der Waals surface area contributed by atoms with Crippen LogP contribution < -0.4 is 33.6 Å². The van der Waals surface area contributed by atoms with E-state index in [1.807, 2.05) is 34.6 Å². The maximum Gasteiger partial charge on any atom is 0.246 e. The summed E-state index contributed by atoms with van der Waals surface area (Å²) >= 11 is 0. The van der Waals surface area contributed by atoms with E-state index >= 15 is 0 Å². The molecule has 2 rings (SSSR count). The molecule has 10 N–H and O–H groups in total. The summed E-state index contributed by atoms with van der Waals surface area (Å²) in [5.41, 5.74) is 21.5. The number of primary amides is 1. The van der Waals surface area contributed by atoms with Crippen LogP contribution in [0.4, 0.5) is 0 Å². The Bertz CT molecular complexity index is 1010. The van der Waals surface area contributed by atoms with Gasteiger partial charge in [-0.25, -0.2) is 0 Å². The first-order valence-electron chi connectivity index (χ1n) is 14.4. The second kappa shape index (κ2) is 14.5. The van der Waals surface area contributed by atoms with Crippen LogP contribution in [0.2, 0.25) is 0 Å².